The van der Waals surface area contributed by atoms with Crippen LogP contribution in [0.4, 0.5) is 0 Å². The van der Waals surface area contributed by atoms with Gasteiger partial charge in [0.2, 0.25) is 0 Å². The second kappa shape index (κ2) is 6.24. The molecule has 104 valence electrons. The lowest BCUT2D eigenvalue weighted by Crippen LogP contribution is -2.04. The standard InChI is InChI=1S/C17H18O3/c1-12-5-4-6-14(9-12)15(18)10-13-7-8-16(19-2)17(11-13)20-3/h4-9,11H,10H2,1-3H3. The van der Waals surface area contributed by atoms with Crippen LogP contribution in [0.25, 0.3) is 0 Å². The van der Waals surface area contributed by atoms with Crippen molar-refractivity contribution in [3.63, 3.8) is 0 Å². The van der Waals surface area contributed by atoms with Gasteiger partial charge in [0.1, 0.15) is 0 Å². The van der Waals surface area contributed by atoms with Gasteiger partial charge in [0, 0.05) is 12.0 Å². The quantitative estimate of drug-likeness (QED) is 0.781. The molecule has 0 bridgehead atoms. The number of benzene rings is 2. The Labute approximate surface area is 119 Å². The Bertz CT molecular complexity index is 617. The minimum atomic E-state index is 0.0981. The zero-order valence-corrected chi connectivity index (χ0v) is 12.0. The molecule has 3 heteroatoms. The fraction of sp³-hybridized carbons (Fsp3) is 0.235. The number of hydrogen-bond acceptors (Lipinski definition) is 3. The van der Waals surface area contributed by atoms with Crippen molar-refractivity contribution in [3.05, 3.63) is 59.2 Å². The number of ketones is 1. The molecular formula is C17H18O3. The van der Waals surface area contributed by atoms with Crippen LogP contribution < -0.4 is 9.47 Å². The molecule has 0 saturated heterocycles. The molecule has 0 amide bonds. The normalized spacial score (nSPS) is 10.2. The van der Waals surface area contributed by atoms with Gasteiger partial charge in [-0.1, -0.05) is 29.8 Å². The number of methoxy groups -OCH3 is 2. The Morgan fingerprint density at radius 2 is 1.75 bits per heavy atom. The lowest BCUT2D eigenvalue weighted by Gasteiger charge is -2.09. The summed E-state index contributed by atoms with van der Waals surface area (Å²) >= 11 is 0. The van der Waals surface area contributed by atoms with Crippen LogP contribution in [-0.2, 0) is 6.42 Å². The SMILES string of the molecule is COc1ccc(CC(=O)c2cccc(C)c2)cc1OC. The molecule has 0 aliphatic carbocycles. The van der Waals surface area contributed by atoms with E-state index in [1.165, 1.54) is 0 Å². The molecule has 2 aromatic carbocycles. The minimum Gasteiger partial charge on any atom is -0.493 e. The Hall–Kier alpha value is -2.29. The monoisotopic (exact) mass is 270 g/mol. The van der Waals surface area contributed by atoms with E-state index in [0.29, 0.717) is 17.9 Å². The molecule has 0 aliphatic heterocycles. The summed E-state index contributed by atoms with van der Waals surface area (Å²) in [5, 5.41) is 0. The van der Waals surface area contributed by atoms with Gasteiger partial charge in [-0.3, -0.25) is 4.79 Å². The molecule has 0 aliphatic rings. The zero-order chi connectivity index (χ0) is 14.5. The van der Waals surface area contributed by atoms with E-state index in [4.69, 9.17) is 9.47 Å². The van der Waals surface area contributed by atoms with Gasteiger partial charge in [-0.05, 0) is 30.7 Å². The molecule has 0 unspecified atom stereocenters. The van der Waals surface area contributed by atoms with Crippen LogP contribution in [0.5, 0.6) is 11.5 Å². The number of hydrogen-bond donors (Lipinski definition) is 0. The third-order valence-corrected chi connectivity index (χ3v) is 3.15. The summed E-state index contributed by atoms with van der Waals surface area (Å²) in [5.74, 6) is 1.40. The van der Waals surface area contributed by atoms with Crippen LogP contribution in [0, 0.1) is 6.92 Å². The summed E-state index contributed by atoms with van der Waals surface area (Å²) in [6.45, 7) is 1.98. The molecule has 0 heterocycles. The topological polar surface area (TPSA) is 35.5 Å². The van der Waals surface area contributed by atoms with E-state index < -0.39 is 0 Å². The molecule has 0 spiro atoms. The highest BCUT2D eigenvalue weighted by Crippen LogP contribution is 2.28. The molecule has 2 aromatic rings. The van der Waals surface area contributed by atoms with E-state index in [2.05, 4.69) is 0 Å². The van der Waals surface area contributed by atoms with E-state index in [1.54, 1.807) is 14.2 Å². The van der Waals surface area contributed by atoms with Crippen LogP contribution in [0.15, 0.2) is 42.5 Å². The molecule has 20 heavy (non-hydrogen) atoms. The smallest absolute Gasteiger partial charge is 0.167 e. The molecule has 2 rings (SSSR count). The first kappa shape index (κ1) is 14.1. The lowest BCUT2D eigenvalue weighted by atomic mass is 10.0. The molecule has 0 fully saturated rings. The van der Waals surface area contributed by atoms with Crippen molar-refractivity contribution >= 4 is 5.78 Å². The summed E-state index contributed by atoms with van der Waals surface area (Å²) < 4.78 is 10.4. The van der Waals surface area contributed by atoms with Crippen LogP contribution in [0.3, 0.4) is 0 Å². The molecule has 0 N–H and O–H groups in total. The lowest BCUT2D eigenvalue weighted by molar-refractivity contribution is 0.0993. The van der Waals surface area contributed by atoms with Crippen molar-refractivity contribution in [1.29, 1.82) is 0 Å². The first-order chi connectivity index (χ1) is 9.63. The van der Waals surface area contributed by atoms with Crippen LogP contribution in [-0.4, -0.2) is 20.0 Å². The number of Topliss-reactive ketones (excluding diaryl/α,β-unsaturated/α-hetero) is 1. The minimum absolute atomic E-state index is 0.0981. The molecule has 0 aromatic heterocycles. The molecule has 3 nitrogen and oxygen atoms in total. The second-order valence-electron chi connectivity index (χ2n) is 4.66. The molecule has 0 atom stereocenters. The average Bonchev–Trinajstić information content (AvgIpc) is 2.47. The van der Waals surface area contributed by atoms with Gasteiger partial charge in [0.05, 0.1) is 14.2 Å². The Kier molecular flexibility index (Phi) is 4.41. The van der Waals surface area contributed by atoms with Gasteiger partial charge in [0.15, 0.2) is 17.3 Å². The summed E-state index contributed by atoms with van der Waals surface area (Å²) in [5.41, 5.74) is 2.73. The third-order valence-electron chi connectivity index (χ3n) is 3.15. The maximum atomic E-state index is 12.2. The number of carbonyl (C=O) groups excluding carboxylic acids is 1. The van der Waals surface area contributed by atoms with Crippen molar-refractivity contribution in [2.75, 3.05) is 14.2 Å². The molecular weight excluding hydrogens is 252 g/mol. The Morgan fingerprint density at radius 3 is 2.40 bits per heavy atom. The number of aryl methyl sites for hydroxylation is 1. The van der Waals surface area contributed by atoms with Gasteiger partial charge in [-0.15, -0.1) is 0 Å². The average molecular weight is 270 g/mol. The highest BCUT2D eigenvalue weighted by atomic mass is 16.5. The number of carbonyl (C=O) groups is 1. The van der Waals surface area contributed by atoms with Crippen molar-refractivity contribution in [2.24, 2.45) is 0 Å². The van der Waals surface area contributed by atoms with E-state index in [9.17, 15) is 4.79 Å². The van der Waals surface area contributed by atoms with Crippen LogP contribution in [0.2, 0.25) is 0 Å². The summed E-state index contributed by atoms with van der Waals surface area (Å²) in [7, 11) is 3.18. The van der Waals surface area contributed by atoms with E-state index in [-0.39, 0.29) is 5.78 Å². The summed E-state index contributed by atoms with van der Waals surface area (Å²) in [6, 6.07) is 13.2. The summed E-state index contributed by atoms with van der Waals surface area (Å²) in [4.78, 5) is 12.2. The van der Waals surface area contributed by atoms with Crippen molar-refractivity contribution in [1.82, 2.24) is 0 Å². The third kappa shape index (κ3) is 3.18. The maximum absolute atomic E-state index is 12.2. The second-order valence-corrected chi connectivity index (χ2v) is 4.66. The van der Waals surface area contributed by atoms with E-state index in [0.717, 1.165) is 16.7 Å². The number of ether oxygens (including phenoxy) is 2. The van der Waals surface area contributed by atoms with Gasteiger partial charge in [-0.2, -0.15) is 0 Å². The predicted octanol–water partition coefficient (Wildman–Crippen LogP) is 3.44. The summed E-state index contributed by atoms with van der Waals surface area (Å²) in [6.07, 6.45) is 0.351. The Balaban J connectivity index is 2.19. The Morgan fingerprint density at radius 1 is 1.00 bits per heavy atom. The van der Waals surface area contributed by atoms with Gasteiger partial charge in [0.25, 0.3) is 0 Å². The van der Waals surface area contributed by atoms with Gasteiger partial charge >= 0.3 is 0 Å². The fourth-order valence-electron chi connectivity index (χ4n) is 2.10. The fourth-order valence-corrected chi connectivity index (χ4v) is 2.10. The highest BCUT2D eigenvalue weighted by Gasteiger charge is 2.10. The first-order valence-electron chi connectivity index (χ1n) is 6.45. The zero-order valence-electron chi connectivity index (χ0n) is 12.0. The van der Waals surface area contributed by atoms with Gasteiger partial charge in [-0.25, -0.2) is 0 Å². The van der Waals surface area contributed by atoms with E-state index in [1.807, 2.05) is 49.4 Å². The predicted molar refractivity (Wildman–Crippen MR) is 78.8 cm³/mol. The maximum Gasteiger partial charge on any atom is 0.167 e. The van der Waals surface area contributed by atoms with Crippen LogP contribution >= 0.6 is 0 Å². The highest BCUT2D eigenvalue weighted by molar-refractivity contribution is 5.97. The first-order valence-corrected chi connectivity index (χ1v) is 6.45. The van der Waals surface area contributed by atoms with E-state index >= 15 is 0 Å². The van der Waals surface area contributed by atoms with Crippen molar-refractivity contribution < 1.29 is 14.3 Å². The van der Waals surface area contributed by atoms with Crippen LogP contribution in [0.1, 0.15) is 21.5 Å². The van der Waals surface area contributed by atoms with Crippen molar-refractivity contribution in [2.45, 2.75) is 13.3 Å². The number of rotatable bonds is 5. The molecule has 0 radical (unpaired) electrons. The van der Waals surface area contributed by atoms with Crippen molar-refractivity contribution in [3.8, 4) is 11.5 Å². The van der Waals surface area contributed by atoms with Gasteiger partial charge < -0.3 is 9.47 Å². The largest absolute Gasteiger partial charge is 0.493 e. The molecule has 0 saturated carbocycles.